The van der Waals surface area contributed by atoms with Gasteiger partial charge in [0.2, 0.25) is 0 Å². The molecule has 1 heteroatoms. The summed E-state index contributed by atoms with van der Waals surface area (Å²) < 4.78 is 0. The molecule has 1 saturated heterocycles. The summed E-state index contributed by atoms with van der Waals surface area (Å²) in [6, 6.07) is 1.70. The molecule has 1 fully saturated rings. The topological polar surface area (TPSA) is 3.01 Å². The first-order chi connectivity index (χ1) is 2.73. The van der Waals surface area contributed by atoms with Crippen molar-refractivity contribution < 1.29 is 0 Å². The van der Waals surface area contributed by atoms with Crippen LogP contribution in [0.15, 0.2) is 0 Å². The van der Waals surface area contributed by atoms with Crippen molar-refractivity contribution in [3.63, 3.8) is 0 Å². The van der Waals surface area contributed by atoms with Crippen LogP contribution in [0.25, 0.3) is 0 Å². The molecule has 0 aromatic heterocycles. The zero-order valence-electron chi connectivity index (χ0n) is 4.60. The molecule has 6 heavy (non-hydrogen) atoms. The highest BCUT2D eigenvalue weighted by Crippen LogP contribution is 2.22. The molecular weight excluding hydrogens is 74.1 g/mol. The first kappa shape index (κ1) is 4.13. The average Bonchev–Trinajstić information content (AvgIpc) is 1.94. The van der Waals surface area contributed by atoms with E-state index >= 15 is 0 Å². The normalized spacial score (nSPS) is 55.5. The van der Waals surface area contributed by atoms with E-state index in [2.05, 4.69) is 25.8 Å². The Morgan fingerprint density at radius 3 is 1.33 bits per heavy atom. The summed E-state index contributed by atoms with van der Waals surface area (Å²) in [7, 11) is 2.15. The van der Waals surface area contributed by atoms with E-state index in [1.54, 1.807) is 0 Å². The Labute approximate surface area is 39.0 Å². The van der Waals surface area contributed by atoms with Crippen LogP contribution in [0.2, 0.25) is 0 Å². The predicted molar refractivity (Wildman–Crippen MR) is 26.7 cm³/mol. The SMILES string of the molecule is C[C@@H]1[C@H](C)N1C. The minimum Gasteiger partial charge on any atom is -0.298 e. The van der Waals surface area contributed by atoms with Crippen molar-refractivity contribution in [2.24, 2.45) is 0 Å². The van der Waals surface area contributed by atoms with Crippen molar-refractivity contribution in [1.29, 1.82) is 0 Å². The van der Waals surface area contributed by atoms with E-state index in [-0.39, 0.29) is 0 Å². The summed E-state index contributed by atoms with van der Waals surface area (Å²) in [5.41, 5.74) is 0. The van der Waals surface area contributed by atoms with E-state index < -0.39 is 0 Å². The zero-order chi connectivity index (χ0) is 4.73. The Morgan fingerprint density at radius 1 is 1.17 bits per heavy atom. The van der Waals surface area contributed by atoms with Gasteiger partial charge in [-0.25, -0.2) is 0 Å². The molecule has 1 unspecified atom stereocenters. The molecule has 0 amide bonds. The molecule has 1 heterocycles. The molecule has 0 aromatic rings. The lowest BCUT2D eigenvalue weighted by molar-refractivity contribution is 0.605. The van der Waals surface area contributed by atoms with Crippen molar-refractivity contribution in [2.75, 3.05) is 7.05 Å². The van der Waals surface area contributed by atoms with Crippen molar-refractivity contribution in [3.05, 3.63) is 0 Å². The lowest BCUT2D eigenvalue weighted by atomic mass is 10.4. The third kappa shape index (κ3) is 0.350. The van der Waals surface area contributed by atoms with Gasteiger partial charge in [0.1, 0.15) is 0 Å². The van der Waals surface area contributed by atoms with Crippen LogP contribution in [0, 0.1) is 0 Å². The minimum atomic E-state index is 0.852. The Morgan fingerprint density at radius 2 is 1.33 bits per heavy atom. The minimum absolute atomic E-state index is 0.852. The Bertz CT molecular complexity index is 40.7. The first-order valence-electron chi connectivity index (χ1n) is 2.45. The molecule has 1 rings (SSSR count). The van der Waals surface area contributed by atoms with Gasteiger partial charge in [0.25, 0.3) is 0 Å². The molecule has 0 aromatic carbocycles. The number of hydrogen-bond acceptors (Lipinski definition) is 1. The first-order valence-corrected chi connectivity index (χ1v) is 2.45. The summed E-state index contributed by atoms with van der Waals surface area (Å²) in [6.45, 7) is 4.48. The lowest BCUT2D eigenvalue weighted by Gasteiger charge is -1.77. The third-order valence-corrected chi connectivity index (χ3v) is 1.89. The molecule has 0 radical (unpaired) electrons. The number of nitrogens with zero attached hydrogens (tertiary/aromatic N) is 1. The third-order valence-electron chi connectivity index (χ3n) is 1.89. The summed E-state index contributed by atoms with van der Waals surface area (Å²) in [6.07, 6.45) is 0. The highest BCUT2D eigenvalue weighted by Gasteiger charge is 2.34. The predicted octanol–water partition coefficient (Wildman–Crippen LogP) is 0.709. The summed E-state index contributed by atoms with van der Waals surface area (Å²) in [5.74, 6) is 0. The van der Waals surface area contributed by atoms with Crippen LogP contribution in [0.1, 0.15) is 13.8 Å². The van der Waals surface area contributed by atoms with Crippen LogP contribution < -0.4 is 0 Å². The second-order valence-electron chi connectivity index (χ2n) is 2.15. The van der Waals surface area contributed by atoms with Crippen LogP contribution >= 0.6 is 0 Å². The molecule has 0 saturated carbocycles. The van der Waals surface area contributed by atoms with Crippen LogP contribution in [0.3, 0.4) is 0 Å². The van der Waals surface area contributed by atoms with E-state index in [1.165, 1.54) is 0 Å². The molecule has 3 atom stereocenters. The molecule has 0 spiro atoms. The van der Waals surface area contributed by atoms with Gasteiger partial charge < -0.3 is 0 Å². The van der Waals surface area contributed by atoms with Crippen LogP contribution in [0.5, 0.6) is 0 Å². The molecular formula is C5H11N. The maximum atomic E-state index is 2.33. The zero-order valence-corrected chi connectivity index (χ0v) is 4.60. The van der Waals surface area contributed by atoms with E-state index in [4.69, 9.17) is 0 Å². The summed E-state index contributed by atoms with van der Waals surface area (Å²) in [5, 5.41) is 0. The molecule has 0 N–H and O–H groups in total. The molecule has 0 bridgehead atoms. The van der Waals surface area contributed by atoms with Gasteiger partial charge in [-0.05, 0) is 20.9 Å². The van der Waals surface area contributed by atoms with Gasteiger partial charge in [-0.1, -0.05) is 0 Å². The van der Waals surface area contributed by atoms with E-state index in [0.29, 0.717) is 0 Å². The molecule has 1 nitrogen and oxygen atoms in total. The largest absolute Gasteiger partial charge is 0.298 e. The Balaban J connectivity index is 2.31. The maximum absolute atomic E-state index is 2.33. The van der Waals surface area contributed by atoms with Crippen LogP contribution in [-0.2, 0) is 0 Å². The fourth-order valence-corrected chi connectivity index (χ4v) is 0.686. The van der Waals surface area contributed by atoms with Gasteiger partial charge in [0.15, 0.2) is 0 Å². The van der Waals surface area contributed by atoms with E-state index in [0.717, 1.165) is 12.1 Å². The lowest BCUT2D eigenvalue weighted by Crippen LogP contribution is -1.85. The van der Waals surface area contributed by atoms with Gasteiger partial charge in [-0.3, -0.25) is 4.90 Å². The smallest absolute Gasteiger partial charge is 0.0221 e. The van der Waals surface area contributed by atoms with Gasteiger partial charge >= 0.3 is 0 Å². The van der Waals surface area contributed by atoms with Gasteiger partial charge in [-0.2, -0.15) is 0 Å². The average molecular weight is 85.2 g/mol. The second kappa shape index (κ2) is 0.969. The van der Waals surface area contributed by atoms with Crippen molar-refractivity contribution >= 4 is 0 Å². The summed E-state index contributed by atoms with van der Waals surface area (Å²) >= 11 is 0. The van der Waals surface area contributed by atoms with Gasteiger partial charge in [0, 0.05) is 12.1 Å². The fourth-order valence-electron chi connectivity index (χ4n) is 0.686. The second-order valence-corrected chi connectivity index (χ2v) is 2.15. The highest BCUT2D eigenvalue weighted by atomic mass is 15.3. The Hall–Kier alpha value is -0.0400. The summed E-state index contributed by atoms with van der Waals surface area (Å²) in [4.78, 5) is 2.33. The fraction of sp³-hybridized carbons (Fsp3) is 1.00. The number of rotatable bonds is 0. The Kier molecular flexibility index (Phi) is 0.667. The van der Waals surface area contributed by atoms with Crippen molar-refractivity contribution in [1.82, 2.24) is 4.90 Å². The molecule has 36 valence electrons. The standard InChI is InChI=1S/C5H11N/c1-4-5(2)6(4)3/h4-5H,1-3H3/t4-,5+,6?. The van der Waals surface area contributed by atoms with Crippen molar-refractivity contribution in [2.45, 2.75) is 25.9 Å². The molecule has 0 aliphatic carbocycles. The van der Waals surface area contributed by atoms with Crippen molar-refractivity contribution in [3.8, 4) is 0 Å². The number of hydrogen-bond donors (Lipinski definition) is 0. The highest BCUT2D eigenvalue weighted by molar-refractivity contribution is 4.91. The van der Waals surface area contributed by atoms with Gasteiger partial charge in [-0.15, -0.1) is 0 Å². The molecule has 1 aliphatic rings. The monoisotopic (exact) mass is 85.1 g/mol. The number of likely N-dealkylation sites (N-methyl/N-ethyl adjacent to an activating group) is 1. The van der Waals surface area contributed by atoms with E-state index in [9.17, 15) is 0 Å². The quantitative estimate of drug-likeness (QED) is 0.391. The van der Waals surface area contributed by atoms with Crippen LogP contribution in [-0.4, -0.2) is 24.0 Å². The maximum Gasteiger partial charge on any atom is 0.0221 e. The van der Waals surface area contributed by atoms with Gasteiger partial charge in [0.05, 0.1) is 0 Å². The molecule has 1 aliphatic heterocycles. The van der Waals surface area contributed by atoms with Crippen LogP contribution in [0.4, 0.5) is 0 Å². The van der Waals surface area contributed by atoms with E-state index in [1.807, 2.05) is 0 Å².